The lowest BCUT2D eigenvalue weighted by molar-refractivity contribution is 0.0935. The molecular formula is C19H22FN3O. The van der Waals surface area contributed by atoms with E-state index in [0.29, 0.717) is 18.0 Å². The summed E-state index contributed by atoms with van der Waals surface area (Å²) in [6.07, 6.45) is 5.85. The average Bonchev–Trinajstić information content (AvgIpc) is 2.62. The zero-order valence-corrected chi connectivity index (χ0v) is 13.6. The molecule has 1 aromatic heterocycles. The second-order valence-electron chi connectivity index (χ2n) is 6.30. The summed E-state index contributed by atoms with van der Waals surface area (Å²) in [5.41, 5.74) is 1.74. The van der Waals surface area contributed by atoms with Gasteiger partial charge in [0, 0.05) is 31.0 Å². The van der Waals surface area contributed by atoms with Crippen LogP contribution in [0.25, 0.3) is 0 Å². The molecule has 0 unspecified atom stereocenters. The number of pyridine rings is 1. The van der Waals surface area contributed by atoms with Gasteiger partial charge in [-0.2, -0.15) is 0 Å². The Morgan fingerprint density at radius 3 is 2.62 bits per heavy atom. The van der Waals surface area contributed by atoms with Crippen LogP contribution in [0.15, 0.2) is 48.8 Å². The molecule has 1 aliphatic heterocycles. The summed E-state index contributed by atoms with van der Waals surface area (Å²) in [4.78, 5) is 18.6. The van der Waals surface area contributed by atoms with E-state index >= 15 is 0 Å². The highest BCUT2D eigenvalue weighted by molar-refractivity contribution is 5.94. The third-order valence-corrected chi connectivity index (χ3v) is 4.49. The summed E-state index contributed by atoms with van der Waals surface area (Å²) in [6, 6.07) is 9.72. The molecule has 5 heteroatoms. The quantitative estimate of drug-likeness (QED) is 0.918. The minimum Gasteiger partial charge on any atom is -0.352 e. The maximum atomic E-state index is 12.9. The van der Waals surface area contributed by atoms with Crippen molar-refractivity contribution in [3.63, 3.8) is 0 Å². The van der Waals surface area contributed by atoms with Crippen molar-refractivity contribution in [1.82, 2.24) is 15.2 Å². The van der Waals surface area contributed by atoms with Crippen LogP contribution in [0.3, 0.4) is 0 Å². The third-order valence-electron chi connectivity index (χ3n) is 4.49. The van der Waals surface area contributed by atoms with Crippen molar-refractivity contribution in [2.45, 2.75) is 19.4 Å². The zero-order valence-electron chi connectivity index (χ0n) is 13.6. The number of carbonyl (C=O) groups is 1. The van der Waals surface area contributed by atoms with Crippen LogP contribution in [-0.2, 0) is 6.54 Å². The number of rotatable bonds is 5. The third kappa shape index (κ3) is 4.61. The zero-order chi connectivity index (χ0) is 16.8. The first kappa shape index (κ1) is 16.6. The molecule has 24 heavy (non-hydrogen) atoms. The average molecular weight is 327 g/mol. The second-order valence-corrected chi connectivity index (χ2v) is 6.30. The fraction of sp³-hybridized carbons (Fsp3) is 0.368. The number of hydrogen-bond donors (Lipinski definition) is 1. The summed E-state index contributed by atoms with van der Waals surface area (Å²) >= 11 is 0. The van der Waals surface area contributed by atoms with E-state index in [4.69, 9.17) is 0 Å². The van der Waals surface area contributed by atoms with Gasteiger partial charge in [0.2, 0.25) is 0 Å². The first-order valence-corrected chi connectivity index (χ1v) is 8.36. The molecule has 1 saturated heterocycles. The first-order valence-electron chi connectivity index (χ1n) is 8.36. The van der Waals surface area contributed by atoms with E-state index in [1.165, 1.54) is 29.8 Å². The maximum absolute atomic E-state index is 12.9. The monoisotopic (exact) mass is 327 g/mol. The summed E-state index contributed by atoms with van der Waals surface area (Å²) in [6.45, 7) is 3.68. The minimum atomic E-state index is -0.326. The SMILES string of the molecule is O=C(NCC1CCN(Cc2cccnc2)CC1)c1ccc(F)cc1. The number of hydrogen-bond acceptors (Lipinski definition) is 3. The molecule has 0 aliphatic carbocycles. The molecule has 126 valence electrons. The Bertz CT molecular complexity index is 652. The van der Waals surface area contributed by atoms with E-state index < -0.39 is 0 Å². The number of likely N-dealkylation sites (tertiary alicyclic amines) is 1. The Morgan fingerprint density at radius 2 is 1.96 bits per heavy atom. The van der Waals surface area contributed by atoms with Crippen molar-refractivity contribution < 1.29 is 9.18 Å². The van der Waals surface area contributed by atoms with Crippen molar-refractivity contribution in [3.8, 4) is 0 Å². The molecule has 1 aromatic carbocycles. The number of amides is 1. The highest BCUT2D eigenvalue weighted by Crippen LogP contribution is 2.18. The number of benzene rings is 1. The number of piperidine rings is 1. The molecule has 2 heterocycles. The Hall–Kier alpha value is -2.27. The van der Waals surface area contributed by atoms with Gasteiger partial charge >= 0.3 is 0 Å². The molecule has 0 atom stereocenters. The topological polar surface area (TPSA) is 45.2 Å². The molecule has 0 bridgehead atoms. The molecule has 0 spiro atoms. The highest BCUT2D eigenvalue weighted by Gasteiger charge is 2.20. The molecule has 1 aliphatic rings. The molecule has 4 nitrogen and oxygen atoms in total. The van der Waals surface area contributed by atoms with Crippen molar-refractivity contribution >= 4 is 5.91 Å². The van der Waals surface area contributed by atoms with Crippen molar-refractivity contribution in [3.05, 3.63) is 65.7 Å². The van der Waals surface area contributed by atoms with Crippen LogP contribution < -0.4 is 5.32 Å². The van der Waals surface area contributed by atoms with Crippen molar-refractivity contribution in [1.29, 1.82) is 0 Å². The van der Waals surface area contributed by atoms with Gasteiger partial charge in [0.15, 0.2) is 0 Å². The van der Waals surface area contributed by atoms with Gasteiger partial charge in [0.05, 0.1) is 0 Å². The van der Waals surface area contributed by atoms with Crippen LogP contribution in [0.1, 0.15) is 28.8 Å². The predicted octanol–water partition coefficient (Wildman–Crippen LogP) is 2.86. The molecule has 1 amide bonds. The molecular weight excluding hydrogens is 305 g/mol. The largest absolute Gasteiger partial charge is 0.352 e. The Labute approximate surface area is 141 Å². The van der Waals surface area contributed by atoms with Gasteiger partial charge in [-0.15, -0.1) is 0 Å². The summed E-state index contributed by atoms with van der Waals surface area (Å²) in [7, 11) is 0. The summed E-state index contributed by atoms with van der Waals surface area (Å²) in [5, 5.41) is 2.96. The van der Waals surface area contributed by atoms with Gasteiger partial charge < -0.3 is 5.32 Å². The van der Waals surface area contributed by atoms with Gasteiger partial charge in [-0.3, -0.25) is 14.7 Å². The van der Waals surface area contributed by atoms with Crippen molar-refractivity contribution in [2.24, 2.45) is 5.92 Å². The summed E-state index contributed by atoms with van der Waals surface area (Å²) in [5.74, 6) is 0.0416. The first-order chi connectivity index (χ1) is 11.7. The molecule has 2 aromatic rings. The van der Waals surface area contributed by atoms with E-state index in [9.17, 15) is 9.18 Å². The predicted molar refractivity (Wildman–Crippen MR) is 91.0 cm³/mol. The normalized spacial score (nSPS) is 16.0. The van der Waals surface area contributed by atoms with E-state index in [1.54, 1.807) is 6.20 Å². The molecule has 1 fully saturated rings. The Balaban J connectivity index is 1.41. The number of halogens is 1. The van der Waals surface area contributed by atoms with E-state index in [-0.39, 0.29) is 11.7 Å². The van der Waals surface area contributed by atoms with Crippen LogP contribution in [0, 0.1) is 11.7 Å². The Kier molecular flexibility index (Phi) is 5.54. The molecule has 3 rings (SSSR count). The lowest BCUT2D eigenvalue weighted by atomic mass is 9.96. The lowest BCUT2D eigenvalue weighted by Crippen LogP contribution is -2.38. The van der Waals surface area contributed by atoms with E-state index in [0.717, 1.165) is 32.5 Å². The standard InChI is InChI=1S/C19H22FN3O/c20-18-5-3-17(4-6-18)19(24)22-13-15-7-10-23(11-8-15)14-16-2-1-9-21-12-16/h1-6,9,12,15H,7-8,10-11,13-14H2,(H,22,24). The molecule has 0 saturated carbocycles. The van der Waals surface area contributed by atoms with Gasteiger partial charge in [-0.25, -0.2) is 4.39 Å². The maximum Gasteiger partial charge on any atom is 0.251 e. The van der Waals surface area contributed by atoms with Gasteiger partial charge in [0.1, 0.15) is 5.82 Å². The van der Waals surface area contributed by atoms with Crippen LogP contribution in [0.4, 0.5) is 4.39 Å². The number of aromatic nitrogens is 1. The molecule has 1 N–H and O–H groups in total. The fourth-order valence-corrected chi connectivity index (χ4v) is 3.04. The van der Waals surface area contributed by atoms with Crippen LogP contribution >= 0.6 is 0 Å². The van der Waals surface area contributed by atoms with Crippen LogP contribution in [0.2, 0.25) is 0 Å². The van der Waals surface area contributed by atoms with Crippen LogP contribution in [0.5, 0.6) is 0 Å². The van der Waals surface area contributed by atoms with Crippen molar-refractivity contribution in [2.75, 3.05) is 19.6 Å². The highest BCUT2D eigenvalue weighted by atomic mass is 19.1. The Morgan fingerprint density at radius 1 is 1.21 bits per heavy atom. The second kappa shape index (κ2) is 8.02. The molecule has 0 radical (unpaired) electrons. The van der Waals surface area contributed by atoms with E-state index in [1.807, 2.05) is 12.3 Å². The van der Waals surface area contributed by atoms with Crippen LogP contribution in [-0.4, -0.2) is 35.4 Å². The van der Waals surface area contributed by atoms with Gasteiger partial charge in [-0.1, -0.05) is 6.07 Å². The number of nitrogens with one attached hydrogen (secondary N) is 1. The fourth-order valence-electron chi connectivity index (χ4n) is 3.04. The summed E-state index contributed by atoms with van der Waals surface area (Å²) < 4.78 is 12.9. The smallest absolute Gasteiger partial charge is 0.251 e. The number of nitrogens with zero attached hydrogens (tertiary/aromatic N) is 2. The lowest BCUT2D eigenvalue weighted by Gasteiger charge is -2.32. The number of carbonyl (C=O) groups excluding carboxylic acids is 1. The van der Waals surface area contributed by atoms with Gasteiger partial charge in [-0.05, 0) is 67.7 Å². The van der Waals surface area contributed by atoms with E-state index in [2.05, 4.69) is 21.3 Å². The minimum absolute atomic E-state index is 0.132. The van der Waals surface area contributed by atoms with Gasteiger partial charge in [0.25, 0.3) is 5.91 Å².